The van der Waals surface area contributed by atoms with Crippen molar-refractivity contribution in [3.8, 4) is 0 Å². The zero-order valence-electron chi connectivity index (χ0n) is 7.45. The number of rotatable bonds is 5. The first kappa shape index (κ1) is 10.2. The Hall–Kier alpha value is -0.870. The van der Waals surface area contributed by atoms with Gasteiger partial charge in [0.2, 0.25) is 0 Å². The van der Waals surface area contributed by atoms with E-state index in [1.165, 1.54) is 4.88 Å². The topological polar surface area (TPSA) is 46.5 Å². The maximum Gasteiger partial charge on any atom is 0.329 e. The highest BCUT2D eigenvalue weighted by Gasteiger charge is 2.00. The van der Waals surface area contributed by atoms with Crippen LogP contribution in [-0.2, 0) is 22.6 Å². The first-order valence-electron chi connectivity index (χ1n) is 4.09. The van der Waals surface area contributed by atoms with Crippen LogP contribution in [0.1, 0.15) is 16.7 Å². The summed E-state index contributed by atoms with van der Waals surface area (Å²) in [6.45, 7) is 2.27. The van der Waals surface area contributed by atoms with E-state index < -0.39 is 5.97 Å². The summed E-state index contributed by atoms with van der Waals surface area (Å²) in [5.41, 5.74) is 0. The Balaban J connectivity index is 2.32. The highest BCUT2D eigenvalue weighted by molar-refractivity contribution is 7.11. The van der Waals surface area contributed by atoms with E-state index in [-0.39, 0.29) is 6.61 Å². The fraction of sp³-hybridized carbons (Fsp3) is 0.444. The number of hydrogen-bond donors (Lipinski definition) is 1. The van der Waals surface area contributed by atoms with Crippen LogP contribution in [0.3, 0.4) is 0 Å². The lowest BCUT2D eigenvalue weighted by atomic mass is 10.4. The molecule has 0 aliphatic carbocycles. The third-order valence-electron chi connectivity index (χ3n) is 1.54. The molecule has 1 N–H and O–H groups in total. The first-order chi connectivity index (χ1) is 6.22. The predicted molar refractivity (Wildman–Crippen MR) is 51.0 cm³/mol. The van der Waals surface area contributed by atoms with E-state index >= 15 is 0 Å². The summed E-state index contributed by atoms with van der Waals surface area (Å²) in [4.78, 5) is 12.5. The van der Waals surface area contributed by atoms with Gasteiger partial charge in [-0.2, -0.15) is 0 Å². The number of hydrogen-bond acceptors (Lipinski definition) is 3. The zero-order valence-corrected chi connectivity index (χ0v) is 8.26. The third kappa shape index (κ3) is 3.57. The summed E-state index contributed by atoms with van der Waals surface area (Å²) < 4.78 is 4.95. The number of thiophene rings is 1. The Kier molecular flexibility index (Phi) is 3.92. The van der Waals surface area contributed by atoms with Crippen molar-refractivity contribution in [3.05, 3.63) is 21.9 Å². The van der Waals surface area contributed by atoms with E-state index in [4.69, 9.17) is 9.84 Å². The van der Waals surface area contributed by atoms with Gasteiger partial charge in [0, 0.05) is 9.75 Å². The molecule has 1 heterocycles. The van der Waals surface area contributed by atoms with E-state index in [0.717, 1.165) is 11.3 Å². The highest BCUT2D eigenvalue weighted by Crippen LogP contribution is 2.17. The van der Waals surface area contributed by atoms with Gasteiger partial charge in [-0.15, -0.1) is 11.3 Å². The van der Waals surface area contributed by atoms with Crippen molar-refractivity contribution in [1.29, 1.82) is 0 Å². The van der Waals surface area contributed by atoms with Crippen molar-refractivity contribution in [2.75, 3.05) is 6.61 Å². The molecule has 0 unspecified atom stereocenters. The van der Waals surface area contributed by atoms with Gasteiger partial charge >= 0.3 is 5.97 Å². The number of carboxylic acid groups (broad SMARTS) is 1. The number of aliphatic carboxylic acids is 1. The van der Waals surface area contributed by atoms with Crippen LogP contribution >= 0.6 is 11.3 Å². The number of ether oxygens (including phenoxy) is 1. The van der Waals surface area contributed by atoms with Gasteiger partial charge < -0.3 is 9.84 Å². The minimum Gasteiger partial charge on any atom is -0.480 e. The van der Waals surface area contributed by atoms with Crippen molar-refractivity contribution >= 4 is 17.3 Å². The van der Waals surface area contributed by atoms with Gasteiger partial charge in [0.05, 0.1) is 6.61 Å². The maximum atomic E-state index is 10.1. The van der Waals surface area contributed by atoms with Gasteiger partial charge in [-0.1, -0.05) is 6.92 Å². The molecule has 0 radical (unpaired) electrons. The molecule has 0 amide bonds. The Bertz CT molecular complexity index is 280. The molecular formula is C9H12O3S. The molecule has 0 aliphatic heterocycles. The van der Waals surface area contributed by atoms with E-state index in [2.05, 4.69) is 6.92 Å². The molecule has 0 bridgehead atoms. The third-order valence-corrected chi connectivity index (χ3v) is 2.74. The van der Waals surface area contributed by atoms with Crippen molar-refractivity contribution in [2.24, 2.45) is 0 Å². The molecule has 0 saturated carbocycles. The lowest BCUT2D eigenvalue weighted by Crippen LogP contribution is -2.05. The molecule has 72 valence electrons. The number of carboxylic acids is 1. The quantitative estimate of drug-likeness (QED) is 0.789. The molecule has 3 nitrogen and oxygen atoms in total. The standard InChI is InChI=1S/C9H12O3S/c1-2-7-3-4-8(13-7)5-12-6-9(10)11/h3-4H,2,5-6H2,1H3,(H,10,11). The Morgan fingerprint density at radius 2 is 2.23 bits per heavy atom. The molecule has 1 rings (SSSR count). The van der Waals surface area contributed by atoms with E-state index in [1.54, 1.807) is 11.3 Å². The lowest BCUT2D eigenvalue weighted by molar-refractivity contribution is -0.142. The number of aryl methyl sites for hydroxylation is 1. The van der Waals surface area contributed by atoms with Crippen LogP contribution in [0.2, 0.25) is 0 Å². The summed E-state index contributed by atoms with van der Waals surface area (Å²) in [6.07, 6.45) is 1.02. The zero-order chi connectivity index (χ0) is 9.68. The van der Waals surface area contributed by atoms with Crippen molar-refractivity contribution < 1.29 is 14.6 Å². The van der Waals surface area contributed by atoms with Gasteiger partial charge in [0.1, 0.15) is 6.61 Å². The second-order valence-corrected chi connectivity index (χ2v) is 3.86. The van der Waals surface area contributed by atoms with E-state index in [0.29, 0.717) is 6.61 Å². The molecule has 1 aromatic heterocycles. The summed E-state index contributed by atoms with van der Waals surface area (Å²) in [6, 6.07) is 4.02. The average Bonchev–Trinajstić information content (AvgIpc) is 2.52. The van der Waals surface area contributed by atoms with Gasteiger partial charge in [-0.05, 0) is 18.6 Å². The largest absolute Gasteiger partial charge is 0.480 e. The second kappa shape index (κ2) is 4.99. The summed E-state index contributed by atoms with van der Waals surface area (Å²) in [5, 5.41) is 8.32. The first-order valence-corrected chi connectivity index (χ1v) is 4.91. The van der Waals surface area contributed by atoms with Gasteiger partial charge in [0.15, 0.2) is 0 Å². The van der Waals surface area contributed by atoms with Crippen molar-refractivity contribution in [1.82, 2.24) is 0 Å². The van der Waals surface area contributed by atoms with Crippen LogP contribution in [0.5, 0.6) is 0 Å². The maximum absolute atomic E-state index is 10.1. The summed E-state index contributed by atoms with van der Waals surface area (Å²) >= 11 is 1.67. The van der Waals surface area contributed by atoms with Gasteiger partial charge in [-0.3, -0.25) is 0 Å². The highest BCUT2D eigenvalue weighted by atomic mass is 32.1. The molecule has 0 spiro atoms. The van der Waals surface area contributed by atoms with Crippen LogP contribution in [0.4, 0.5) is 0 Å². The molecule has 13 heavy (non-hydrogen) atoms. The van der Waals surface area contributed by atoms with E-state index in [1.807, 2.05) is 12.1 Å². The fourth-order valence-electron chi connectivity index (χ4n) is 0.929. The van der Waals surface area contributed by atoms with Crippen LogP contribution < -0.4 is 0 Å². The predicted octanol–water partition coefficient (Wildman–Crippen LogP) is 1.91. The van der Waals surface area contributed by atoms with Crippen molar-refractivity contribution in [3.63, 3.8) is 0 Å². The normalized spacial score (nSPS) is 10.2. The monoisotopic (exact) mass is 200 g/mol. The fourth-order valence-corrected chi connectivity index (χ4v) is 1.82. The van der Waals surface area contributed by atoms with Crippen LogP contribution in [0.25, 0.3) is 0 Å². The molecule has 0 fully saturated rings. The smallest absolute Gasteiger partial charge is 0.329 e. The van der Waals surface area contributed by atoms with Crippen LogP contribution in [0.15, 0.2) is 12.1 Å². The SMILES string of the molecule is CCc1ccc(COCC(=O)O)s1. The molecule has 1 aromatic rings. The molecule has 0 saturated heterocycles. The Labute approximate surface area is 81.0 Å². The lowest BCUT2D eigenvalue weighted by Gasteiger charge is -1.96. The minimum atomic E-state index is -0.924. The van der Waals surface area contributed by atoms with Gasteiger partial charge in [-0.25, -0.2) is 4.79 Å². The average molecular weight is 200 g/mol. The Morgan fingerprint density at radius 1 is 1.54 bits per heavy atom. The second-order valence-electron chi connectivity index (χ2n) is 2.61. The van der Waals surface area contributed by atoms with Crippen LogP contribution in [0, 0.1) is 0 Å². The molecule has 0 atom stereocenters. The van der Waals surface area contributed by atoms with Crippen molar-refractivity contribution in [2.45, 2.75) is 20.0 Å². The molecule has 0 aliphatic rings. The Morgan fingerprint density at radius 3 is 2.77 bits per heavy atom. The number of carbonyl (C=O) groups is 1. The molecule has 0 aromatic carbocycles. The summed E-state index contributed by atoms with van der Waals surface area (Å²) in [7, 11) is 0. The van der Waals surface area contributed by atoms with Gasteiger partial charge in [0.25, 0.3) is 0 Å². The van der Waals surface area contributed by atoms with E-state index in [9.17, 15) is 4.79 Å². The molecule has 4 heteroatoms. The van der Waals surface area contributed by atoms with Crippen LogP contribution in [-0.4, -0.2) is 17.7 Å². The summed E-state index contributed by atoms with van der Waals surface area (Å²) in [5.74, 6) is -0.924. The minimum absolute atomic E-state index is 0.223. The molecular weight excluding hydrogens is 188 g/mol.